The smallest absolute Gasteiger partial charge is 0.460 e. The van der Waals surface area contributed by atoms with Gasteiger partial charge in [0.25, 0.3) is 17.7 Å². The number of nitrogens with one attached hydrogen (secondary N) is 1. The summed E-state index contributed by atoms with van der Waals surface area (Å²) >= 11 is 11.1. The van der Waals surface area contributed by atoms with Crippen molar-refractivity contribution in [1.29, 1.82) is 0 Å². The third-order valence-corrected chi connectivity index (χ3v) is 18.0. The van der Waals surface area contributed by atoms with Gasteiger partial charge in [-0.25, -0.2) is 53.0 Å². The number of aliphatic hydroxyl groups is 1. The minimum atomic E-state index is -3.28. The molecule has 0 spiro atoms. The molecule has 4 aromatic heterocycles. The van der Waals surface area contributed by atoms with Crippen molar-refractivity contribution in [2.75, 3.05) is 20.0 Å². The maximum atomic E-state index is 13.9. The molecule has 25 nitrogen and oxygen atoms in total. The molecule has 3 fully saturated rings. The van der Waals surface area contributed by atoms with Crippen LogP contribution in [0.25, 0.3) is 22.3 Å². The summed E-state index contributed by atoms with van der Waals surface area (Å²) in [4.78, 5) is 92.2. The number of hydrogen-bond acceptors (Lipinski definition) is 22. The van der Waals surface area contributed by atoms with E-state index in [4.69, 9.17) is 62.9 Å². The van der Waals surface area contributed by atoms with E-state index < -0.39 is 134 Å². The van der Waals surface area contributed by atoms with Crippen molar-refractivity contribution < 1.29 is 96.8 Å². The minimum Gasteiger partial charge on any atom is -0.460 e. The van der Waals surface area contributed by atoms with Crippen molar-refractivity contribution >= 4 is 65.4 Å². The Hall–Kier alpha value is -8.94. The predicted octanol–water partition coefficient (Wildman–Crippen LogP) is 12.2. The molecule has 7 aromatic rings. The number of benzene rings is 3. The first kappa shape index (κ1) is 93.9. The molecule has 6 atom stereocenters. The Kier molecular flexibility index (Phi) is 33.8. The number of aromatic nitrogens is 8. The second-order valence-electron chi connectivity index (χ2n) is 29.9. The van der Waals surface area contributed by atoms with Gasteiger partial charge in [-0.15, -0.1) is 0 Å². The highest BCUT2D eigenvalue weighted by molar-refractivity contribution is 6.62. The molecule has 114 heavy (non-hydrogen) atoms. The van der Waals surface area contributed by atoms with Gasteiger partial charge in [0.15, 0.2) is 0 Å². The number of nitrogens with two attached hydrogens (primary N) is 2. The van der Waals surface area contributed by atoms with Crippen molar-refractivity contribution in [1.82, 2.24) is 55.0 Å². The molecular formula is C77H95BCl2F9N13O12. The number of carbonyl (C=O) groups is 5. The van der Waals surface area contributed by atoms with Crippen LogP contribution in [-0.2, 0) is 78.2 Å². The highest BCUT2D eigenvalue weighted by Crippen LogP contribution is 2.44. The monoisotopic (exact) mass is 1650 g/mol. The van der Waals surface area contributed by atoms with Gasteiger partial charge < -0.3 is 59.9 Å². The summed E-state index contributed by atoms with van der Waals surface area (Å²) in [5, 5.41) is 12.9. The number of ether oxygens (including phenoxy) is 4. The third kappa shape index (κ3) is 26.8. The first-order chi connectivity index (χ1) is 53.3. The van der Waals surface area contributed by atoms with Gasteiger partial charge in [-0.2, -0.15) is 26.3 Å². The van der Waals surface area contributed by atoms with Crippen LogP contribution in [0.5, 0.6) is 0 Å². The van der Waals surface area contributed by atoms with Crippen molar-refractivity contribution in [2.24, 2.45) is 11.5 Å². The Labute approximate surface area is 665 Å². The molecular weight excluding hydrogens is 1550 g/mol. The largest absolute Gasteiger partial charge is 0.494 e. The molecule has 37 heteroatoms. The summed E-state index contributed by atoms with van der Waals surface area (Å²) in [5.41, 5.74) is 11.1. The second-order valence-corrected chi connectivity index (χ2v) is 30.8. The lowest BCUT2D eigenvalue weighted by atomic mass is 9.78. The van der Waals surface area contributed by atoms with Gasteiger partial charge in [0, 0.05) is 73.5 Å². The molecule has 10 rings (SSSR count). The van der Waals surface area contributed by atoms with Crippen LogP contribution in [0.3, 0.4) is 0 Å². The van der Waals surface area contributed by atoms with E-state index in [1.807, 2.05) is 48.5 Å². The first-order valence-corrected chi connectivity index (χ1v) is 36.6. The predicted molar refractivity (Wildman–Crippen MR) is 405 cm³/mol. The molecule has 3 saturated heterocycles. The average molecular weight is 1650 g/mol. The third-order valence-electron chi connectivity index (χ3n) is 17.6. The lowest BCUT2D eigenvalue weighted by Gasteiger charge is -2.32. The Morgan fingerprint density at radius 1 is 0.518 bits per heavy atom. The highest BCUT2D eigenvalue weighted by Gasteiger charge is 2.55. The summed E-state index contributed by atoms with van der Waals surface area (Å²) in [6.07, 6.45) is 0.825. The summed E-state index contributed by atoms with van der Waals surface area (Å²) in [6, 6.07) is 16.5. The van der Waals surface area contributed by atoms with Crippen molar-refractivity contribution in [3.8, 4) is 22.3 Å². The molecule has 6 N–H and O–H groups in total. The van der Waals surface area contributed by atoms with E-state index in [2.05, 4.69) is 39.9 Å². The van der Waals surface area contributed by atoms with Gasteiger partial charge in [0.2, 0.25) is 0 Å². The summed E-state index contributed by atoms with van der Waals surface area (Å²) in [7, 11) is -0.552. The highest BCUT2D eigenvalue weighted by atomic mass is 35.5. The second kappa shape index (κ2) is 41.1. The number of aryl methyl sites for hydroxylation is 2. The molecule has 0 saturated carbocycles. The SMILES string of the molecule is CC(C)(C)OC(=O)CCc1ncc(-c2ccc([C@H]3OC(C)(C)N(C(=O)C(F)F)[C@H]3CF)cc2)cn1.CC(C)(C)OC(=O)CCc1ncc(Cl)cn1.CC1(C)O[C@H](c2ccc(B3OC(C)(C)C(C)(C)O3)cc2)[C@H](CF)N1C(=O)C(F)F.NCc1ncc(-c2ccc([C@@H](O)[C@@H](CF)NC(=O)C(F)F)cc2)cn1.NCc1ncc(Cl)cn1. The molecule has 3 amide bonds. The van der Waals surface area contributed by atoms with Crippen LogP contribution in [0.2, 0.25) is 10.0 Å². The number of halogens is 11. The van der Waals surface area contributed by atoms with Crippen LogP contribution in [0.4, 0.5) is 39.5 Å². The van der Waals surface area contributed by atoms with Crippen molar-refractivity contribution in [3.63, 3.8) is 0 Å². The summed E-state index contributed by atoms with van der Waals surface area (Å²) in [6.45, 7) is 22.0. The Morgan fingerprint density at radius 3 is 1.18 bits per heavy atom. The lowest BCUT2D eigenvalue weighted by Crippen LogP contribution is -2.51. The fourth-order valence-electron chi connectivity index (χ4n) is 11.5. The van der Waals surface area contributed by atoms with Crippen LogP contribution < -0.4 is 22.2 Å². The van der Waals surface area contributed by atoms with Crippen LogP contribution in [-0.4, -0.2) is 183 Å². The van der Waals surface area contributed by atoms with Crippen LogP contribution in [0.15, 0.2) is 122 Å². The van der Waals surface area contributed by atoms with Gasteiger partial charge in [-0.05, 0) is 130 Å². The average Bonchev–Trinajstić information content (AvgIpc) is 1.62. The van der Waals surface area contributed by atoms with Gasteiger partial charge in [0.05, 0.1) is 65.3 Å². The van der Waals surface area contributed by atoms with E-state index in [9.17, 15) is 68.6 Å². The minimum absolute atomic E-state index is 0.171. The molecule has 620 valence electrons. The number of rotatable bonds is 22. The molecule has 0 radical (unpaired) electrons. The number of alkyl halides is 9. The van der Waals surface area contributed by atoms with Crippen LogP contribution in [0.1, 0.15) is 168 Å². The fourth-order valence-corrected chi connectivity index (χ4v) is 11.7. The van der Waals surface area contributed by atoms with Gasteiger partial charge in [-0.3, -0.25) is 24.0 Å². The normalized spacial score (nSPS) is 18.4. The maximum absolute atomic E-state index is 13.9. The number of esters is 2. The van der Waals surface area contributed by atoms with Crippen LogP contribution in [0, 0.1) is 0 Å². The number of nitrogens with zero attached hydrogens (tertiary/aromatic N) is 10. The van der Waals surface area contributed by atoms with Crippen molar-refractivity contribution in [2.45, 2.75) is 225 Å². The lowest BCUT2D eigenvalue weighted by molar-refractivity contribution is -0.160. The number of amides is 3. The molecule has 3 aromatic carbocycles. The zero-order chi connectivity index (χ0) is 85.0. The molecule has 3 aliphatic rings. The van der Waals surface area contributed by atoms with Gasteiger partial charge in [0.1, 0.15) is 84.3 Å². The van der Waals surface area contributed by atoms with E-state index in [1.165, 1.54) is 64.6 Å². The summed E-state index contributed by atoms with van der Waals surface area (Å²) in [5.74, 6) is -2.88. The van der Waals surface area contributed by atoms with E-state index in [-0.39, 0.29) is 36.9 Å². The van der Waals surface area contributed by atoms with E-state index in [0.717, 1.165) is 32.0 Å². The first-order valence-electron chi connectivity index (χ1n) is 35.9. The molecule has 0 aliphatic carbocycles. The van der Waals surface area contributed by atoms with Gasteiger partial charge >= 0.3 is 38.3 Å². The Bertz CT molecular complexity index is 4230. The maximum Gasteiger partial charge on any atom is 0.494 e. The van der Waals surface area contributed by atoms with Crippen LogP contribution >= 0.6 is 23.2 Å². The fraction of sp³-hybridized carbons (Fsp3) is 0.494. The topological polar surface area (TPSA) is 335 Å². The molecule has 3 aliphatic heterocycles. The zero-order valence-electron chi connectivity index (χ0n) is 65.4. The summed E-state index contributed by atoms with van der Waals surface area (Å²) < 4.78 is 151. The van der Waals surface area contributed by atoms with Gasteiger partial charge in [-0.1, -0.05) is 96.0 Å². The number of aliphatic hydroxyl groups excluding tert-OH is 1. The number of carbonyl (C=O) groups excluding carboxylic acids is 5. The standard InChI is InChI=1S/C25H30F3N3O4.C20H27BF3NO4.C16H17F3N4O2.C11H15ClN2O2.C5H6ClN3/c1-24(2,3)34-20(32)11-10-19-29-13-17(14-30-19)15-6-8-16(9-7-15)21-18(12-26)31(23(33)22(27)28)25(4,5)35-21;1-18(2)19(3,4)29-21(28-18)13-9-7-12(8-10-13)15-14(11-22)25(17(26)16(23)24)20(5,6)27-15;17-5-12(23-16(25)15(18)19)14(24)10-3-1-9(2-4-10)11-7-21-13(6-20)22-8-11;1-11(2,3)16-10(15)5-4-9-13-6-8(12)7-14-9;6-4-2-8-5(1-7)9-3-4/h6-9,13-14,18,21-22H,10-12H2,1-5H3;7-10,14-16H,11H2,1-6H3;1-4,7-8,12,14-15,24H,5-6,20H2,(H,23,25);6-7H,4-5H2,1-3H3;2-3H,1,7H2/t18-,21+;14-,15+;12-,14-;;/m001../s1. The molecule has 7 heterocycles. The zero-order valence-corrected chi connectivity index (χ0v) is 66.9. The molecule has 0 unspecified atom stereocenters. The van der Waals surface area contributed by atoms with E-state index >= 15 is 0 Å². The van der Waals surface area contributed by atoms with E-state index in [0.29, 0.717) is 69.4 Å². The quantitative estimate of drug-likeness (QED) is 0.0278. The number of hydrogen-bond donors (Lipinski definition) is 4. The Morgan fingerprint density at radius 2 is 0.851 bits per heavy atom. The molecule has 0 bridgehead atoms. The van der Waals surface area contributed by atoms with Crippen molar-refractivity contribution in [3.05, 3.63) is 172 Å². The Balaban J connectivity index is 0.000000234. The van der Waals surface area contributed by atoms with E-state index in [1.54, 1.807) is 112 Å².